The van der Waals surface area contributed by atoms with Gasteiger partial charge in [0.05, 0.1) is 12.2 Å². The topological polar surface area (TPSA) is 43.0 Å². The van der Waals surface area contributed by atoms with Gasteiger partial charge in [-0.1, -0.05) is 11.6 Å². The van der Waals surface area contributed by atoms with E-state index in [2.05, 4.69) is 10.4 Å². The van der Waals surface area contributed by atoms with Crippen molar-refractivity contribution >= 4 is 22.6 Å². The van der Waals surface area contributed by atoms with Crippen LogP contribution in [0.4, 0.5) is 0 Å². The number of aryl methyl sites for hydroxylation is 1. The lowest BCUT2D eigenvalue weighted by Crippen LogP contribution is -2.17. The van der Waals surface area contributed by atoms with E-state index < -0.39 is 0 Å². The van der Waals surface area contributed by atoms with Gasteiger partial charge in [-0.2, -0.15) is 5.10 Å². The number of furan rings is 1. The van der Waals surface area contributed by atoms with E-state index in [0.717, 1.165) is 28.0 Å². The lowest BCUT2D eigenvalue weighted by Gasteiger charge is -2.13. The molecule has 1 N–H and O–H groups in total. The first-order valence-corrected chi connectivity index (χ1v) is 6.82. The second kappa shape index (κ2) is 4.96. The summed E-state index contributed by atoms with van der Waals surface area (Å²) in [5.74, 6) is 0.862. The van der Waals surface area contributed by atoms with Crippen molar-refractivity contribution in [3.63, 3.8) is 0 Å². The third-order valence-electron chi connectivity index (χ3n) is 3.65. The Balaban J connectivity index is 2.09. The number of hydrogen-bond acceptors (Lipinski definition) is 3. The highest BCUT2D eigenvalue weighted by Gasteiger charge is 2.20. The summed E-state index contributed by atoms with van der Waals surface area (Å²) in [5, 5.41) is 9.30. The second-order valence-electron chi connectivity index (χ2n) is 4.86. The van der Waals surface area contributed by atoms with Gasteiger partial charge in [-0.15, -0.1) is 0 Å². The molecule has 0 spiro atoms. The normalized spacial score (nSPS) is 13.0. The van der Waals surface area contributed by atoms with Gasteiger partial charge >= 0.3 is 0 Å². The number of benzene rings is 1. The van der Waals surface area contributed by atoms with Crippen LogP contribution >= 0.6 is 11.6 Å². The first-order valence-electron chi connectivity index (χ1n) is 6.45. The quantitative estimate of drug-likeness (QED) is 0.803. The zero-order chi connectivity index (χ0) is 14.3. The van der Waals surface area contributed by atoms with Crippen molar-refractivity contribution in [2.24, 2.45) is 7.05 Å². The van der Waals surface area contributed by atoms with Gasteiger partial charge in [-0.25, -0.2) is 0 Å². The molecule has 0 fully saturated rings. The Labute approximate surface area is 122 Å². The second-order valence-corrected chi connectivity index (χ2v) is 5.30. The number of fused-ring (bicyclic) bond motifs is 1. The molecular formula is C15H16ClN3O. The third kappa shape index (κ3) is 2.11. The zero-order valence-corrected chi connectivity index (χ0v) is 12.4. The molecule has 2 aromatic heterocycles. The van der Waals surface area contributed by atoms with Crippen LogP contribution in [0.2, 0.25) is 5.02 Å². The van der Waals surface area contributed by atoms with E-state index in [1.54, 1.807) is 0 Å². The third-order valence-corrected chi connectivity index (χ3v) is 3.89. The van der Waals surface area contributed by atoms with Crippen molar-refractivity contribution in [1.82, 2.24) is 15.1 Å². The van der Waals surface area contributed by atoms with Crippen LogP contribution in [0, 0.1) is 6.92 Å². The highest BCUT2D eigenvalue weighted by atomic mass is 35.5. The van der Waals surface area contributed by atoms with Crippen LogP contribution in [0.3, 0.4) is 0 Å². The van der Waals surface area contributed by atoms with Crippen molar-refractivity contribution in [1.29, 1.82) is 0 Å². The molecule has 0 aliphatic rings. The van der Waals surface area contributed by atoms with Gasteiger partial charge in [0.2, 0.25) is 0 Å². The van der Waals surface area contributed by atoms with Gasteiger partial charge in [0, 0.05) is 28.7 Å². The monoisotopic (exact) mass is 289 g/mol. The van der Waals surface area contributed by atoms with Crippen LogP contribution in [-0.2, 0) is 7.05 Å². The van der Waals surface area contributed by atoms with E-state index in [-0.39, 0.29) is 6.04 Å². The molecule has 0 radical (unpaired) electrons. The molecule has 3 aromatic rings. The Bertz CT molecular complexity index is 760. The summed E-state index contributed by atoms with van der Waals surface area (Å²) >= 11 is 6.02. The lowest BCUT2D eigenvalue weighted by atomic mass is 10.1. The molecule has 1 unspecified atom stereocenters. The Kier molecular flexibility index (Phi) is 3.28. The molecule has 0 saturated carbocycles. The molecular weight excluding hydrogens is 274 g/mol. The minimum absolute atomic E-state index is 0.0186. The largest absolute Gasteiger partial charge is 0.459 e. The van der Waals surface area contributed by atoms with Crippen molar-refractivity contribution < 1.29 is 4.42 Å². The van der Waals surface area contributed by atoms with Gasteiger partial charge in [-0.05, 0) is 38.2 Å². The minimum atomic E-state index is -0.0186. The number of nitrogens with zero attached hydrogens (tertiary/aromatic N) is 2. The predicted octanol–water partition coefficient (Wildman–Crippen LogP) is 3.44. The highest BCUT2D eigenvalue weighted by molar-refractivity contribution is 6.31. The highest BCUT2D eigenvalue weighted by Crippen LogP contribution is 2.30. The molecule has 5 heteroatoms. The van der Waals surface area contributed by atoms with Crippen LogP contribution in [-0.4, -0.2) is 16.8 Å². The maximum Gasteiger partial charge on any atom is 0.134 e. The van der Waals surface area contributed by atoms with E-state index in [0.29, 0.717) is 5.02 Å². The standard InChI is InChI=1S/C15H16ClN3O/c1-9-12(8-18-19(9)3)15(17-2)14-7-10-6-11(16)4-5-13(10)20-14/h4-8,15,17H,1-3H3. The Morgan fingerprint density at radius 3 is 2.80 bits per heavy atom. The molecule has 1 atom stereocenters. The van der Waals surface area contributed by atoms with Crippen LogP contribution in [0.25, 0.3) is 11.0 Å². The number of hydrogen-bond donors (Lipinski definition) is 1. The Morgan fingerprint density at radius 2 is 2.15 bits per heavy atom. The average molecular weight is 290 g/mol. The maximum absolute atomic E-state index is 6.02. The van der Waals surface area contributed by atoms with Crippen LogP contribution in [0.5, 0.6) is 0 Å². The molecule has 1 aromatic carbocycles. The van der Waals surface area contributed by atoms with Crippen molar-refractivity contribution in [2.75, 3.05) is 7.05 Å². The number of halogens is 1. The minimum Gasteiger partial charge on any atom is -0.459 e. The molecule has 0 aliphatic heterocycles. The fraction of sp³-hybridized carbons (Fsp3) is 0.267. The first kappa shape index (κ1) is 13.2. The maximum atomic E-state index is 6.02. The molecule has 0 aliphatic carbocycles. The van der Waals surface area contributed by atoms with E-state index >= 15 is 0 Å². The average Bonchev–Trinajstić information content (AvgIpc) is 2.97. The van der Waals surface area contributed by atoms with Crippen LogP contribution in [0.1, 0.15) is 23.1 Å². The summed E-state index contributed by atoms with van der Waals surface area (Å²) in [7, 11) is 3.85. The number of nitrogens with one attached hydrogen (secondary N) is 1. The van der Waals surface area contributed by atoms with E-state index in [9.17, 15) is 0 Å². The summed E-state index contributed by atoms with van der Waals surface area (Å²) in [5.41, 5.74) is 3.06. The Hall–Kier alpha value is -1.78. The van der Waals surface area contributed by atoms with Crippen molar-refractivity contribution in [3.05, 3.63) is 52.5 Å². The summed E-state index contributed by atoms with van der Waals surface area (Å²) in [6, 6.07) is 7.64. The van der Waals surface area contributed by atoms with Crippen molar-refractivity contribution in [3.8, 4) is 0 Å². The molecule has 2 heterocycles. The summed E-state index contributed by atoms with van der Waals surface area (Å²) in [4.78, 5) is 0. The van der Waals surface area contributed by atoms with Crippen molar-refractivity contribution in [2.45, 2.75) is 13.0 Å². The molecule has 0 amide bonds. The Morgan fingerprint density at radius 1 is 1.35 bits per heavy atom. The fourth-order valence-corrected chi connectivity index (χ4v) is 2.61. The predicted molar refractivity (Wildman–Crippen MR) is 80.1 cm³/mol. The first-order chi connectivity index (χ1) is 9.60. The molecule has 4 nitrogen and oxygen atoms in total. The molecule has 0 saturated heterocycles. The van der Waals surface area contributed by atoms with E-state index in [4.69, 9.17) is 16.0 Å². The van der Waals surface area contributed by atoms with E-state index in [1.807, 2.05) is 56.2 Å². The molecule has 3 rings (SSSR count). The van der Waals surface area contributed by atoms with Gasteiger partial charge in [0.25, 0.3) is 0 Å². The summed E-state index contributed by atoms with van der Waals surface area (Å²) < 4.78 is 7.80. The summed E-state index contributed by atoms with van der Waals surface area (Å²) in [6.07, 6.45) is 1.87. The summed E-state index contributed by atoms with van der Waals surface area (Å²) in [6.45, 7) is 2.05. The van der Waals surface area contributed by atoms with Crippen LogP contribution in [0.15, 0.2) is 34.9 Å². The van der Waals surface area contributed by atoms with Gasteiger partial charge in [0.1, 0.15) is 11.3 Å². The molecule has 0 bridgehead atoms. The van der Waals surface area contributed by atoms with Crippen LogP contribution < -0.4 is 5.32 Å². The van der Waals surface area contributed by atoms with E-state index in [1.165, 1.54) is 0 Å². The lowest BCUT2D eigenvalue weighted by molar-refractivity contribution is 0.490. The number of aromatic nitrogens is 2. The molecule has 104 valence electrons. The van der Waals surface area contributed by atoms with Gasteiger partial charge in [-0.3, -0.25) is 4.68 Å². The van der Waals surface area contributed by atoms with Gasteiger partial charge in [0.15, 0.2) is 0 Å². The van der Waals surface area contributed by atoms with Gasteiger partial charge < -0.3 is 9.73 Å². The smallest absolute Gasteiger partial charge is 0.134 e. The SMILES string of the molecule is CNC(c1cc2cc(Cl)ccc2o1)c1cnn(C)c1C. The number of rotatable bonds is 3. The fourth-order valence-electron chi connectivity index (χ4n) is 2.43. The molecule has 20 heavy (non-hydrogen) atoms. The zero-order valence-electron chi connectivity index (χ0n) is 11.6.